The number of carbonyl (C=O) groups is 2. The summed E-state index contributed by atoms with van der Waals surface area (Å²) in [5, 5.41) is 5.82. The van der Waals surface area contributed by atoms with E-state index in [0.29, 0.717) is 42.0 Å². The van der Waals surface area contributed by atoms with Crippen LogP contribution >= 0.6 is 0 Å². The minimum atomic E-state index is -0.0824. The smallest absolute Gasteiger partial charge is 0.251 e. The zero-order chi connectivity index (χ0) is 18.1. The van der Waals surface area contributed by atoms with E-state index in [1.54, 1.807) is 24.3 Å². The molecule has 0 saturated heterocycles. The van der Waals surface area contributed by atoms with Gasteiger partial charge < -0.3 is 15.1 Å². The van der Waals surface area contributed by atoms with Gasteiger partial charge in [0.1, 0.15) is 11.5 Å². The van der Waals surface area contributed by atoms with Gasteiger partial charge in [0, 0.05) is 36.1 Å². The fourth-order valence-electron chi connectivity index (χ4n) is 3.14. The average Bonchev–Trinajstić information content (AvgIpc) is 3.53. The molecule has 136 valence electrons. The molecule has 2 aliphatic carbocycles. The summed E-state index contributed by atoms with van der Waals surface area (Å²) in [5.41, 5.74) is 1.22. The quantitative estimate of drug-likeness (QED) is 0.795. The Kier molecular flexibility index (Phi) is 4.53. The van der Waals surface area contributed by atoms with Crippen molar-refractivity contribution >= 4 is 17.5 Å². The fraction of sp³-hybridized carbons (Fsp3) is 0.429. The van der Waals surface area contributed by atoms with Crippen LogP contribution in [-0.2, 0) is 11.2 Å². The summed E-state index contributed by atoms with van der Waals surface area (Å²) in [5.74, 6) is 3.00. The van der Waals surface area contributed by atoms with Crippen LogP contribution in [0.4, 0.5) is 5.69 Å². The normalized spacial score (nSPS) is 21.3. The first-order valence-electron chi connectivity index (χ1n) is 9.38. The van der Waals surface area contributed by atoms with Gasteiger partial charge in [-0.05, 0) is 55.5 Å². The van der Waals surface area contributed by atoms with Crippen LogP contribution in [0.25, 0.3) is 0 Å². The molecule has 2 saturated carbocycles. The van der Waals surface area contributed by atoms with Crippen molar-refractivity contribution in [3.63, 3.8) is 0 Å². The van der Waals surface area contributed by atoms with Crippen molar-refractivity contribution in [3.8, 4) is 0 Å². The third-order valence-corrected chi connectivity index (χ3v) is 5.08. The number of hydrogen-bond donors (Lipinski definition) is 2. The monoisotopic (exact) mass is 352 g/mol. The van der Waals surface area contributed by atoms with Crippen LogP contribution in [0, 0.1) is 5.92 Å². The molecule has 1 aromatic carbocycles. The third-order valence-electron chi connectivity index (χ3n) is 5.08. The lowest BCUT2D eigenvalue weighted by Gasteiger charge is -2.07. The lowest BCUT2D eigenvalue weighted by atomic mass is 10.1. The second kappa shape index (κ2) is 6.98. The molecule has 2 unspecified atom stereocenters. The molecule has 0 aliphatic heterocycles. The molecule has 5 nitrogen and oxygen atoms in total. The highest BCUT2D eigenvalue weighted by atomic mass is 16.3. The lowest BCUT2D eigenvalue weighted by Crippen LogP contribution is -2.25. The van der Waals surface area contributed by atoms with Gasteiger partial charge in [-0.15, -0.1) is 0 Å². The molecule has 4 rings (SSSR count). The molecule has 2 N–H and O–H groups in total. The molecular formula is C21H24N2O3. The summed E-state index contributed by atoms with van der Waals surface area (Å²) in [6.45, 7) is 2.22. The van der Waals surface area contributed by atoms with E-state index in [4.69, 9.17) is 4.42 Å². The number of amides is 2. The van der Waals surface area contributed by atoms with E-state index in [-0.39, 0.29) is 11.8 Å². The van der Waals surface area contributed by atoms with Gasteiger partial charge in [-0.1, -0.05) is 13.0 Å². The highest BCUT2D eigenvalue weighted by Gasteiger charge is 2.36. The number of aryl methyl sites for hydroxylation is 1. The maximum atomic E-state index is 12.2. The standard InChI is InChI=1S/C21H24N2O3/c1-13-11-18(13)19-9-7-17(26-19)8-10-20(24)22-16-4-2-3-14(12-16)21(25)23-15-5-6-15/h2-4,7,9,12-13,15,18H,5-6,8,10-11H2,1H3,(H,22,24)(H,23,25). The molecule has 1 heterocycles. The Morgan fingerprint density at radius 1 is 1.19 bits per heavy atom. The Labute approximate surface area is 153 Å². The third kappa shape index (κ3) is 4.15. The highest BCUT2D eigenvalue weighted by Crippen LogP contribution is 2.47. The van der Waals surface area contributed by atoms with Crippen LogP contribution in [0.1, 0.15) is 60.4 Å². The van der Waals surface area contributed by atoms with E-state index < -0.39 is 0 Å². The van der Waals surface area contributed by atoms with Crippen molar-refractivity contribution in [2.24, 2.45) is 5.92 Å². The molecule has 2 fully saturated rings. The van der Waals surface area contributed by atoms with Crippen LogP contribution in [0.15, 0.2) is 40.8 Å². The number of rotatable bonds is 7. The first kappa shape index (κ1) is 16.9. The highest BCUT2D eigenvalue weighted by molar-refractivity contribution is 5.97. The lowest BCUT2D eigenvalue weighted by molar-refractivity contribution is -0.116. The molecule has 2 aliphatic rings. The summed E-state index contributed by atoms with van der Waals surface area (Å²) in [4.78, 5) is 24.3. The zero-order valence-corrected chi connectivity index (χ0v) is 15.0. The second-order valence-corrected chi connectivity index (χ2v) is 7.50. The summed E-state index contributed by atoms with van der Waals surface area (Å²) in [7, 11) is 0. The molecule has 1 aromatic heterocycles. The van der Waals surface area contributed by atoms with Gasteiger partial charge >= 0.3 is 0 Å². The second-order valence-electron chi connectivity index (χ2n) is 7.50. The van der Waals surface area contributed by atoms with Crippen molar-refractivity contribution in [1.29, 1.82) is 0 Å². The summed E-state index contributed by atoms with van der Waals surface area (Å²) in [6, 6.07) is 11.4. The average molecular weight is 352 g/mol. The minimum absolute atomic E-state index is 0.0810. The largest absolute Gasteiger partial charge is 0.466 e. The van der Waals surface area contributed by atoms with Crippen LogP contribution < -0.4 is 10.6 Å². The maximum absolute atomic E-state index is 12.2. The number of furan rings is 1. The van der Waals surface area contributed by atoms with Crippen molar-refractivity contribution in [2.75, 3.05) is 5.32 Å². The van der Waals surface area contributed by atoms with Crippen molar-refractivity contribution in [1.82, 2.24) is 5.32 Å². The van der Waals surface area contributed by atoms with Gasteiger partial charge in [0.05, 0.1) is 0 Å². The minimum Gasteiger partial charge on any atom is -0.466 e. The Morgan fingerprint density at radius 3 is 2.73 bits per heavy atom. The summed E-state index contributed by atoms with van der Waals surface area (Å²) in [6.07, 6.45) is 4.23. The van der Waals surface area contributed by atoms with Crippen molar-refractivity contribution < 1.29 is 14.0 Å². The van der Waals surface area contributed by atoms with E-state index in [2.05, 4.69) is 17.6 Å². The van der Waals surface area contributed by atoms with Gasteiger partial charge in [0.25, 0.3) is 5.91 Å². The molecule has 5 heteroatoms. The Morgan fingerprint density at radius 2 is 2.00 bits per heavy atom. The molecular weight excluding hydrogens is 328 g/mol. The molecule has 0 bridgehead atoms. The van der Waals surface area contributed by atoms with Crippen LogP contribution in [0.2, 0.25) is 0 Å². The number of anilines is 1. The van der Waals surface area contributed by atoms with Gasteiger partial charge in [-0.2, -0.15) is 0 Å². The number of hydrogen-bond acceptors (Lipinski definition) is 3. The molecule has 2 aromatic rings. The summed E-state index contributed by atoms with van der Waals surface area (Å²) < 4.78 is 5.84. The van der Waals surface area contributed by atoms with E-state index in [1.165, 1.54) is 6.42 Å². The van der Waals surface area contributed by atoms with Crippen molar-refractivity contribution in [2.45, 2.75) is 51.0 Å². The fourth-order valence-corrected chi connectivity index (χ4v) is 3.14. The maximum Gasteiger partial charge on any atom is 0.251 e. The van der Waals surface area contributed by atoms with Crippen LogP contribution in [-0.4, -0.2) is 17.9 Å². The van der Waals surface area contributed by atoms with Crippen LogP contribution in [0.3, 0.4) is 0 Å². The molecule has 0 spiro atoms. The van der Waals surface area contributed by atoms with Crippen LogP contribution in [0.5, 0.6) is 0 Å². The van der Waals surface area contributed by atoms with Gasteiger partial charge in [0.2, 0.25) is 5.91 Å². The zero-order valence-electron chi connectivity index (χ0n) is 15.0. The Bertz CT molecular complexity index is 822. The van der Waals surface area contributed by atoms with E-state index in [9.17, 15) is 9.59 Å². The van der Waals surface area contributed by atoms with E-state index in [0.717, 1.165) is 24.4 Å². The predicted octanol–water partition coefficient (Wildman–Crippen LogP) is 3.87. The molecule has 26 heavy (non-hydrogen) atoms. The molecule has 0 radical (unpaired) electrons. The SMILES string of the molecule is CC1CC1c1ccc(CCC(=O)Nc2cccc(C(=O)NC3CC3)c2)o1. The molecule has 2 atom stereocenters. The Hall–Kier alpha value is -2.56. The number of carbonyl (C=O) groups excluding carboxylic acids is 2. The topological polar surface area (TPSA) is 71.3 Å². The van der Waals surface area contributed by atoms with E-state index >= 15 is 0 Å². The predicted molar refractivity (Wildman–Crippen MR) is 99.1 cm³/mol. The Balaban J connectivity index is 1.28. The number of nitrogens with one attached hydrogen (secondary N) is 2. The van der Waals surface area contributed by atoms with Crippen molar-refractivity contribution in [3.05, 3.63) is 53.5 Å². The van der Waals surface area contributed by atoms with E-state index in [1.807, 2.05) is 12.1 Å². The van der Waals surface area contributed by atoms with Gasteiger partial charge in [-0.25, -0.2) is 0 Å². The summed E-state index contributed by atoms with van der Waals surface area (Å²) >= 11 is 0. The first-order chi connectivity index (χ1) is 12.6. The van der Waals surface area contributed by atoms with Gasteiger partial charge in [-0.3, -0.25) is 9.59 Å². The number of benzene rings is 1. The molecule has 2 amide bonds. The van der Waals surface area contributed by atoms with Gasteiger partial charge in [0.15, 0.2) is 0 Å². The first-order valence-corrected chi connectivity index (χ1v) is 9.38.